The van der Waals surface area contributed by atoms with Crippen LogP contribution in [0.25, 0.3) is 0 Å². The van der Waals surface area contributed by atoms with Gasteiger partial charge in [-0.15, -0.1) is 0 Å². The summed E-state index contributed by atoms with van der Waals surface area (Å²) in [5, 5.41) is 14.8. The van der Waals surface area contributed by atoms with Crippen molar-refractivity contribution >= 4 is 5.91 Å². The number of rotatable bonds is 7. The lowest BCUT2D eigenvalue weighted by atomic mass is 10.1. The summed E-state index contributed by atoms with van der Waals surface area (Å²) >= 11 is 0. The van der Waals surface area contributed by atoms with Gasteiger partial charge in [-0.05, 0) is 25.3 Å². The van der Waals surface area contributed by atoms with Crippen molar-refractivity contribution in [2.45, 2.75) is 32.7 Å². The number of benzene rings is 1. The van der Waals surface area contributed by atoms with Gasteiger partial charge in [0.2, 0.25) is 0 Å². The van der Waals surface area contributed by atoms with Crippen molar-refractivity contribution in [1.29, 1.82) is 5.26 Å². The van der Waals surface area contributed by atoms with E-state index in [1.54, 1.807) is 0 Å². The van der Waals surface area contributed by atoms with Gasteiger partial charge in [0.15, 0.2) is 0 Å². The molecule has 1 atom stereocenters. The van der Waals surface area contributed by atoms with Gasteiger partial charge in [-0.1, -0.05) is 37.3 Å². The van der Waals surface area contributed by atoms with Crippen LogP contribution in [0.3, 0.4) is 0 Å². The zero-order valence-corrected chi connectivity index (χ0v) is 12.0. The summed E-state index contributed by atoms with van der Waals surface area (Å²) < 4.78 is 0. The predicted octanol–water partition coefficient (Wildman–Crippen LogP) is 2.14. The first kappa shape index (κ1) is 15.8. The second kappa shape index (κ2) is 8.76. The van der Waals surface area contributed by atoms with Gasteiger partial charge in [0, 0.05) is 18.8 Å². The summed E-state index contributed by atoms with van der Waals surface area (Å²) in [7, 11) is 0. The molecule has 106 valence electrons. The van der Waals surface area contributed by atoms with E-state index in [1.165, 1.54) is 6.20 Å². The highest BCUT2D eigenvalue weighted by molar-refractivity contribution is 5.97. The van der Waals surface area contributed by atoms with Gasteiger partial charge in [0.1, 0.15) is 11.6 Å². The Balaban J connectivity index is 2.42. The maximum absolute atomic E-state index is 11.8. The number of carbonyl (C=O) groups excluding carboxylic acids is 1. The van der Waals surface area contributed by atoms with Gasteiger partial charge >= 0.3 is 0 Å². The van der Waals surface area contributed by atoms with Crippen molar-refractivity contribution in [2.75, 3.05) is 6.54 Å². The van der Waals surface area contributed by atoms with E-state index in [9.17, 15) is 4.79 Å². The molecule has 0 saturated heterocycles. The van der Waals surface area contributed by atoms with Crippen molar-refractivity contribution in [3.05, 3.63) is 47.7 Å². The van der Waals surface area contributed by atoms with Crippen molar-refractivity contribution < 1.29 is 4.79 Å². The number of nitrogens with zero attached hydrogens (tertiary/aromatic N) is 1. The van der Waals surface area contributed by atoms with Crippen LogP contribution in [0, 0.1) is 11.3 Å². The summed E-state index contributed by atoms with van der Waals surface area (Å²) in [4.78, 5) is 11.8. The van der Waals surface area contributed by atoms with Crippen LogP contribution in [0.4, 0.5) is 0 Å². The van der Waals surface area contributed by atoms with Crippen LogP contribution in [-0.2, 0) is 11.2 Å². The molecule has 1 rings (SSSR count). The normalized spacial score (nSPS) is 12.3. The molecule has 0 spiro atoms. The van der Waals surface area contributed by atoms with Crippen LogP contribution in [0.5, 0.6) is 0 Å². The number of nitrogens with one attached hydrogen (secondary N) is 2. The van der Waals surface area contributed by atoms with Gasteiger partial charge in [-0.3, -0.25) is 4.79 Å². The van der Waals surface area contributed by atoms with Crippen molar-refractivity contribution in [3.63, 3.8) is 0 Å². The fourth-order valence-corrected chi connectivity index (χ4v) is 1.55. The third kappa shape index (κ3) is 5.57. The molecule has 1 amide bonds. The lowest BCUT2D eigenvalue weighted by molar-refractivity contribution is -0.117. The zero-order chi connectivity index (χ0) is 14.8. The molecule has 1 aromatic rings. The van der Waals surface area contributed by atoms with Gasteiger partial charge in [0.25, 0.3) is 5.91 Å². The monoisotopic (exact) mass is 271 g/mol. The Morgan fingerprint density at radius 2 is 2.10 bits per heavy atom. The third-order valence-electron chi connectivity index (χ3n) is 3.03. The zero-order valence-electron chi connectivity index (χ0n) is 12.0. The second-order valence-electron chi connectivity index (χ2n) is 4.64. The van der Waals surface area contributed by atoms with E-state index < -0.39 is 0 Å². The van der Waals surface area contributed by atoms with Crippen LogP contribution >= 0.6 is 0 Å². The average Bonchev–Trinajstić information content (AvgIpc) is 2.48. The van der Waals surface area contributed by atoms with Crippen LogP contribution in [0.2, 0.25) is 0 Å². The minimum absolute atomic E-state index is 0.110. The molecule has 0 fully saturated rings. The summed E-state index contributed by atoms with van der Waals surface area (Å²) in [6.07, 6.45) is 3.18. The standard InChI is InChI=1S/C16H21N3O/c1-3-13(2)19-12-15(11-17)16(20)18-10-9-14-7-5-4-6-8-14/h4-8,12-13,19H,3,9-10H2,1-2H3,(H,18,20)/b15-12-. The molecule has 20 heavy (non-hydrogen) atoms. The fourth-order valence-electron chi connectivity index (χ4n) is 1.55. The van der Waals surface area contributed by atoms with Crippen molar-refractivity contribution in [3.8, 4) is 6.07 Å². The molecule has 0 aromatic heterocycles. The molecule has 4 nitrogen and oxygen atoms in total. The molecule has 0 bridgehead atoms. The minimum Gasteiger partial charge on any atom is -0.387 e. The Kier molecular flexibility index (Phi) is 6.91. The van der Waals surface area contributed by atoms with Crippen LogP contribution in [-0.4, -0.2) is 18.5 Å². The van der Waals surface area contributed by atoms with E-state index in [0.29, 0.717) is 6.54 Å². The molecule has 2 N–H and O–H groups in total. The average molecular weight is 271 g/mol. The fraction of sp³-hybridized carbons (Fsp3) is 0.375. The smallest absolute Gasteiger partial charge is 0.263 e. The first-order valence-corrected chi connectivity index (χ1v) is 6.85. The Bertz CT molecular complexity index is 488. The molecule has 0 aliphatic heterocycles. The molecule has 0 heterocycles. The van der Waals surface area contributed by atoms with E-state index in [1.807, 2.05) is 50.2 Å². The largest absolute Gasteiger partial charge is 0.387 e. The van der Waals surface area contributed by atoms with Gasteiger partial charge in [0.05, 0.1) is 0 Å². The topological polar surface area (TPSA) is 64.9 Å². The number of carbonyl (C=O) groups is 1. The Labute approximate surface area is 120 Å². The first-order chi connectivity index (χ1) is 9.67. The summed E-state index contributed by atoms with van der Waals surface area (Å²) in [6.45, 7) is 4.56. The van der Waals surface area contributed by atoms with Gasteiger partial charge in [-0.25, -0.2) is 0 Å². The van der Waals surface area contributed by atoms with E-state index in [4.69, 9.17) is 5.26 Å². The highest BCUT2D eigenvalue weighted by Crippen LogP contribution is 1.99. The Morgan fingerprint density at radius 1 is 1.40 bits per heavy atom. The maximum Gasteiger partial charge on any atom is 0.263 e. The predicted molar refractivity (Wildman–Crippen MR) is 79.7 cm³/mol. The van der Waals surface area contributed by atoms with Crippen molar-refractivity contribution in [2.24, 2.45) is 0 Å². The van der Waals surface area contributed by atoms with Gasteiger partial charge < -0.3 is 10.6 Å². The molecule has 0 saturated carbocycles. The number of amides is 1. The Hall–Kier alpha value is -2.28. The minimum atomic E-state index is -0.334. The maximum atomic E-state index is 11.8. The quantitative estimate of drug-likeness (QED) is 0.590. The lowest BCUT2D eigenvalue weighted by Gasteiger charge is -2.09. The van der Waals surface area contributed by atoms with Crippen LogP contribution in [0.1, 0.15) is 25.8 Å². The summed E-state index contributed by atoms with van der Waals surface area (Å²) in [5.41, 5.74) is 1.27. The lowest BCUT2D eigenvalue weighted by Crippen LogP contribution is -2.28. The van der Waals surface area contributed by atoms with E-state index >= 15 is 0 Å². The molecule has 0 radical (unpaired) electrons. The second-order valence-corrected chi connectivity index (χ2v) is 4.64. The van der Waals surface area contributed by atoms with Gasteiger partial charge in [-0.2, -0.15) is 5.26 Å². The van der Waals surface area contributed by atoms with Crippen LogP contribution in [0.15, 0.2) is 42.1 Å². The number of hydrogen-bond acceptors (Lipinski definition) is 3. The molecule has 0 aliphatic rings. The molecule has 1 aromatic carbocycles. The van der Waals surface area contributed by atoms with E-state index in [-0.39, 0.29) is 17.5 Å². The number of nitriles is 1. The highest BCUT2D eigenvalue weighted by Gasteiger charge is 2.08. The molecule has 0 aliphatic carbocycles. The highest BCUT2D eigenvalue weighted by atomic mass is 16.1. The van der Waals surface area contributed by atoms with E-state index in [0.717, 1.165) is 18.4 Å². The third-order valence-corrected chi connectivity index (χ3v) is 3.03. The molecule has 4 heteroatoms. The van der Waals surface area contributed by atoms with Crippen molar-refractivity contribution in [1.82, 2.24) is 10.6 Å². The Morgan fingerprint density at radius 3 is 2.70 bits per heavy atom. The first-order valence-electron chi connectivity index (χ1n) is 6.85. The molecular weight excluding hydrogens is 250 g/mol. The molecule has 1 unspecified atom stereocenters. The van der Waals surface area contributed by atoms with E-state index in [2.05, 4.69) is 10.6 Å². The SMILES string of the molecule is CCC(C)N/C=C(/C#N)C(=O)NCCc1ccccc1. The van der Waals surface area contributed by atoms with Crippen LogP contribution < -0.4 is 10.6 Å². The summed E-state index contributed by atoms with van der Waals surface area (Å²) in [6, 6.07) is 12.1. The summed E-state index contributed by atoms with van der Waals surface area (Å²) in [5.74, 6) is -0.334. The number of hydrogen-bond donors (Lipinski definition) is 2. The molecular formula is C16H21N3O.